The van der Waals surface area contributed by atoms with Gasteiger partial charge in [0.05, 0.1) is 18.3 Å². The molecule has 152 valence electrons. The molecule has 0 unspecified atom stereocenters. The van der Waals surface area contributed by atoms with Crippen molar-refractivity contribution in [1.82, 2.24) is 9.88 Å². The minimum Gasteiger partial charge on any atom is -0.456 e. The lowest BCUT2D eigenvalue weighted by molar-refractivity contribution is -0.0208. The number of carbonyl (C=O) groups excluding carboxylic acids is 1. The average Bonchev–Trinajstić information content (AvgIpc) is 2.53. The zero-order valence-corrected chi connectivity index (χ0v) is 15.1. The fourth-order valence-corrected chi connectivity index (χ4v) is 2.42. The van der Waals surface area contributed by atoms with Gasteiger partial charge >= 0.3 is 6.03 Å². The van der Waals surface area contributed by atoms with E-state index in [1.54, 1.807) is 0 Å². The highest BCUT2D eigenvalue weighted by Gasteiger charge is 2.28. The summed E-state index contributed by atoms with van der Waals surface area (Å²) in [6, 6.07) is 4.84. The molecule has 0 bridgehead atoms. The molecule has 0 aliphatic carbocycles. The van der Waals surface area contributed by atoms with Crippen LogP contribution in [0, 0.1) is 11.6 Å². The van der Waals surface area contributed by atoms with E-state index in [4.69, 9.17) is 4.74 Å². The molecule has 0 aliphatic heterocycles. The summed E-state index contributed by atoms with van der Waals surface area (Å²) in [6.07, 6.45) is -2.24. The summed E-state index contributed by atoms with van der Waals surface area (Å²) >= 11 is 0. The summed E-state index contributed by atoms with van der Waals surface area (Å²) in [5.41, 5.74) is -1.74. The Kier molecular flexibility index (Phi) is 6.79. The Morgan fingerprint density at radius 1 is 1.25 bits per heavy atom. The number of alkyl halides is 2. The topological polar surface area (TPSA) is 74.7 Å². The third-order valence-electron chi connectivity index (χ3n) is 3.56. The van der Waals surface area contributed by atoms with Gasteiger partial charge in [-0.15, -0.1) is 0 Å². The molecule has 0 saturated heterocycles. The minimum absolute atomic E-state index is 0.0583. The van der Waals surface area contributed by atoms with Gasteiger partial charge in [-0.2, -0.15) is 0 Å². The van der Waals surface area contributed by atoms with Crippen LogP contribution in [0.5, 0.6) is 11.5 Å². The number of amides is 2. The van der Waals surface area contributed by atoms with E-state index in [1.165, 1.54) is 32.3 Å². The zero-order valence-electron chi connectivity index (χ0n) is 15.1. The number of halogens is 4. The number of rotatable bonds is 7. The monoisotopic (exact) mass is 401 g/mol. The number of anilines is 1. The number of benzene rings is 1. The van der Waals surface area contributed by atoms with Crippen LogP contribution in [-0.2, 0) is 0 Å². The number of aromatic nitrogens is 1. The first-order valence-electron chi connectivity index (χ1n) is 8.17. The van der Waals surface area contributed by atoms with Crippen molar-refractivity contribution < 1.29 is 32.2 Å². The number of ether oxygens (including phenoxy) is 1. The average molecular weight is 401 g/mol. The lowest BCUT2D eigenvalue weighted by atomic mass is 10.0. The maximum absolute atomic E-state index is 13.2. The van der Waals surface area contributed by atoms with Gasteiger partial charge in [0.1, 0.15) is 29.0 Å². The van der Waals surface area contributed by atoms with Crippen LogP contribution in [0.3, 0.4) is 0 Å². The van der Waals surface area contributed by atoms with Crippen molar-refractivity contribution >= 4 is 11.8 Å². The molecule has 2 aromatic rings. The van der Waals surface area contributed by atoms with Crippen molar-refractivity contribution in [3.05, 3.63) is 48.2 Å². The van der Waals surface area contributed by atoms with Crippen LogP contribution in [-0.4, -0.2) is 46.6 Å². The van der Waals surface area contributed by atoms with Crippen LogP contribution >= 0.6 is 0 Å². The Hall–Kier alpha value is -2.88. The minimum atomic E-state index is -2.70. The van der Waals surface area contributed by atoms with Crippen LogP contribution in [0.2, 0.25) is 0 Å². The Bertz CT molecular complexity index is 796. The Labute approximate surface area is 158 Å². The van der Waals surface area contributed by atoms with Crippen molar-refractivity contribution in [2.75, 3.05) is 18.9 Å². The molecule has 2 rings (SSSR count). The van der Waals surface area contributed by atoms with Crippen LogP contribution in [0.4, 0.5) is 28.2 Å². The molecule has 1 aromatic heterocycles. The fourth-order valence-electron chi connectivity index (χ4n) is 2.42. The molecule has 2 amide bonds. The second-order valence-electron chi connectivity index (χ2n) is 6.46. The maximum atomic E-state index is 13.2. The van der Waals surface area contributed by atoms with E-state index in [9.17, 15) is 27.5 Å². The summed E-state index contributed by atoms with van der Waals surface area (Å²) in [5, 5.41) is 12.3. The van der Waals surface area contributed by atoms with E-state index in [2.05, 4.69) is 10.3 Å². The van der Waals surface area contributed by atoms with Gasteiger partial charge in [-0.1, -0.05) is 0 Å². The standard InChI is InChI=1S/C18H19F4N3O3/c1-18(27,8-15(21)22)10-25(2)17(26)24-16-4-3-13(9-23-16)28-14-6-11(19)5-12(20)7-14/h3-7,9,15,27H,8,10H2,1-2H3,(H,23,24,26)/t18-/m1/s1. The normalized spacial score (nSPS) is 13.1. The predicted molar refractivity (Wildman–Crippen MR) is 93.6 cm³/mol. The van der Waals surface area contributed by atoms with E-state index in [0.717, 1.165) is 17.0 Å². The number of carbonyl (C=O) groups is 1. The molecule has 28 heavy (non-hydrogen) atoms. The van der Waals surface area contributed by atoms with Crippen molar-refractivity contribution in [1.29, 1.82) is 0 Å². The van der Waals surface area contributed by atoms with Gasteiger partial charge in [0, 0.05) is 31.7 Å². The largest absolute Gasteiger partial charge is 0.456 e. The first-order valence-corrected chi connectivity index (χ1v) is 8.17. The van der Waals surface area contributed by atoms with Gasteiger partial charge in [-0.25, -0.2) is 27.3 Å². The van der Waals surface area contributed by atoms with Gasteiger partial charge in [-0.3, -0.25) is 5.32 Å². The molecule has 0 saturated carbocycles. The second-order valence-corrected chi connectivity index (χ2v) is 6.46. The van der Waals surface area contributed by atoms with Crippen molar-refractivity contribution in [2.24, 2.45) is 0 Å². The summed E-state index contributed by atoms with van der Waals surface area (Å²) in [6.45, 7) is 0.901. The van der Waals surface area contributed by atoms with Crippen LogP contribution < -0.4 is 10.1 Å². The maximum Gasteiger partial charge on any atom is 0.322 e. The highest BCUT2D eigenvalue weighted by atomic mass is 19.3. The SMILES string of the molecule is CN(C[C@](C)(O)CC(F)F)C(=O)Nc1ccc(Oc2cc(F)cc(F)c2)cn1. The number of urea groups is 1. The Balaban J connectivity index is 1.95. The molecular formula is C18H19F4N3O3. The first-order chi connectivity index (χ1) is 13.0. The predicted octanol–water partition coefficient (Wildman–Crippen LogP) is 4.02. The molecule has 1 atom stereocenters. The van der Waals surface area contributed by atoms with Gasteiger partial charge in [0.25, 0.3) is 0 Å². The molecular weight excluding hydrogens is 382 g/mol. The number of hydrogen-bond acceptors (Lipinski definition) is 4. The number of pyridine rings is 1. The quantitative estimate of drug-likeness (QED) is 0.688. The van der Waals surface area contributed by atoms with Crippen molar-refractivity contribution in [3.8, 4) is 11.5 Å². The molecule has 1 heterocycles. The summed E-state index contributed by atoms with van der Waals surface area (Å²) in [5.74, 6) is -1.34. The zero-order chi connectivity index (χ0) is 20.9. The van der Waals surface area contributed by atoms with Crippen molar-refractivity contribution in [2.45, 2.75) is 25.4 Å². The summed E-state index contributed by atoms with van der Waals surface area (Å²) in [7, 11) is 1.34. The molecule has 6 nitrogen and oxygen atoms in total. The van der Waals surface area contributed by atoms with Crippen molar-refractivity contribution in [3.63, 3.8) is 0 Å². The fraction of sp³-hybridized carbons (Fsp3) is 0.333. The highest BCUT2D eigenvalue weighted by Crippen LogP contribution is 2.23. The third kappa shape index (κ3) is 6.69. The van der Waals surface area contributed by atoms with Gasteiger partial charge in [0.15, 0.2) is 0 Å². The van der Waals surface area contributed by atoms with E-state index in [1.807, 2.05) is 0 Å². The summed E-state index contributed by atoms with van der Waals surface area (Å²) in [4.78, 5) is 17.1. The summed E-state index contributed by atoms with van der Waals surface area (Å²) < 4.78 is 56.4. The lowest BCUT2D eigenvalue weighted by Crippen LogP contribution is -2.44. The highest BCUT2D eigenvalue weighted by molar-refractivity contribution is 5.88. The number of nitrogens with one attached hydrogen (secondary N) is 1. The molecule has 0 spiro atoms. The van der Waals surface area contributed by atoms with Gasteiger partial charge < -0.3 is 14.7 Å². The molecule has 10 heteroatoms. The van der Waals surface area contributed by atoms with Gasteiger partial charge in [0.2, 0.25) is 6.43 Å². The number of nitrogens with zero attached hydrogens (tertiary/aromatic N) is 2. The van der Waals surface area contributed by atoms with E-state index in [-0.39, 0.29) is 23.9 Å². The second kappa shape index (κ2) is 8.87. The van der Waals surface area contributed by atoms with Gasteiger partial charge in [-0.05, 0) is 19.1 Å². The molecule has 0 radical (unpaired) electrons. The van der Waals surface area contributed by atoms with E-state index >= 15 is 0 Å². The van der Waals surface area contributed by atoms with E-state index in [0.29, 0.717) is 6.07 Å². The van der Waals surface area contributed by atoms with Crippen LogP contribution in [0.15, 0.2) is 36.5 Å². The van der Waals surface area contributed by atoms with Crippen LogP contribution in [0.25, 0.3) is 0 Å². The first kappa shape index (κ1) is 21.4. The lowest BCUT2D eigenvalue weighted by Gasteiger charge is -2.28. The number of hydrogen-bond donors (Lipinski definition) is 2. The Morgan fingerprint density at radius 3 is 2.43 bits per heavy atom. The number of aliphatic hydroxyl groups is 1. The molecule has 1 aromatic carbocycles. The van der Waals surface area contributed by atoms with Crippen LogP contribution in [0.1, 0.15) is 13.3 Å². The Morgan fingerprint density at radius 2 is 1.89 bits per heavy atom. The third-order valence-corrected chi connectivity index (χ3v) is 3.56. The molecule has 0 aliphatic rings. The number of likely N-dealkylation sites (N-methyl/N-ethyl adjacent to an activating group) is 1. The molecule has 2 N–H and O–H groups in total. The van der Waals surface area contributed by atoms with E-state index < -0.39 is 36.1 Å². The molecule has 0 fully saturated rings. The smallest absolute Gasteiger partial charge is 0.322 e.